The molecule has 5 atom stereocenters. The Balaban J connectivity index is 1.61. The minimum absolute atomic E-state index is 0.195. The molecule has 0 heterocycles. The van der Waals surface area contributed by atoms with Crippen molar-refractivity contribution in [3.63, 3.8) is 0 Å². The van der Waals surface area contributed by atoms with Gasteiger partial charge in [-0.05, 0) is 85.5 Å². The highest BCUT2D eigenvalue weighted by Gasteiger charge is 2.58. The number of carbonyl (C=O) groups is 2. The van der Waals surface area contributed by atoms with E-state index in [1.54, 1.807) is 7.11 Å². The lowest BCUT2D eigenvalue weighted by molar-refractivity contribution is -0.137. The van der Waals surface area contributed by atoms with Gasteiger partial charge in [0.2, 0.25) is 0 Å². The minimum Gasteiger partial charge on any atom is -0.497 e. The van der Waals surface area contributed by atoms with Gasteiger partial charge in [-0.25, -0.2) is 0 Å². The minimum atomic E-state index is -0.732. The fourth-order valence-electron chi connectivity index (χ4n) is 6.53. The van der Waals surface area contributed by atoms with E-state index in [0.29, 0.717) is 42.3 Å². The summed E-state index contributed by atoms with van der Waals surface area (Å²) in [5.41, 5.74) is 2.67. The molecule has 4 rings (SSSR count). The molecule has 0 amide bonds. The SMILES string of the molecule is COc1ccc2c(c1)CCC1C2CC[C@]2(C)C(=O)C[C@@H](CCCC(=O)O)C12. The van der Waals surface area contributed by atoms with E-state index in [-0.39, 0.29) is 11.8 Å². The number of carbonyl (C=O) groups excluding carboxylic acids is 1. The Morgan fingerprint density at radius 3 is 2.89 bits per heavy atom. The van der Waals surface area contributed by atoms with Crippen molar-refractivity contribution in [3.05, 3.63) is 29.3 Å². The van der Waals surface area contributed by atoms with Crippen molar-refractivity contribution < 1.29 is 19.4 Å². The molecule has 1 N–H and O–H groups in total. The standard InChI is InChI=1S/C23H30O4/c1-23-11-10-18-17-9-7-16(27-2)12-14(17)6-8-19(18)22(23)15(13-20(23)24)4-3-5-21(25)26/h7,9,12,15,18-19,22H,3-6,8,10-11,13H2,1-2H3,(H,25,26)/t15-,18?,19?,22?,23-/m1/s1. The van der Waals surface area contributed by atoms with E-state index in [0.717, 1.165) is 37.9 Å². The Hall–Kier alpha value is -1.84. The number of methoxy groups -OCH3 is 1. The number of ether oxygens (including phenoxy) is 1. The third-order valence-corrected chi connectivity index (χ3v) is 7.74. The molecule has 146 valence electrons. The summed E-state index contributed by atoms with van der Waals surface area (Å²) in [6, 6.07) is 6.49. The van der Waals surface area contributed by atoms with Gasteiger partial charge in [-0.3, -0.25) is 9.59 Å². The molecular formula is C23H30O4. The molecule has 4 nitrogen and oxygen atoms in total. The van der Waals surface area contributed by atoms with Crippen LogP contribution in [0.25, 0.3) is 0 Å². The molecule has 0 bridgehead atoms. The van der Waals surface area contributed by atoms with Gasteiger partial charge in [0.1, 0.15) is 11.5 Å². The summed E-state index contributed by atoms with van der Waals surface area (Å²) < 4.78 is 5.40. The highest BCUT2D eigenvalue weighted by molar-refractivity contribution is 5.87. The van der Waals surface area contributed by atoms with Crippen LogP contribution in [0.4, 0.5) is 0 Å². The van der Waals surface area contributed by atoms with Gasteiger partial charge in [-0.2, -0.15) is 0 Å². The van der Waals surface area contributed by atoms with Crippen molar-refractivity contribution in [3.8, 4) is 5.75 Å². The summed E-state index contributed by atoms with van der Waals surface area (Å²) in [5, 5.41) is 8.98. The predicted molar refractivity (Wildman–Crippen MR) is 103 cm³/mol. The number of hydrogen-bond acceptors (Lipinski definition) is 3. The van der Waals surface area contributed by atoms with Gasteiger partial charge in [0.25, 0.3) is 0 Å². The Bertz CT molecular complexity index is 755. The largest absolute Gasteiger partial charge is 0.497 e. The van der Waals surface area contributed by atoms with E-state index in [4.69, 9.17) is 9.84 Å². The highest BCUT2D eigenvalue weighted by Crippen LogP contribution is 2.62. The predicted octanol–water partition coefficient (Wildman–Crippen LogP) is 4.60. The van der Waals surface area contributed by atoms with Crippen molar-refractivity contribution in [2.24, 2.45) is 23.2 Å². The summed E-state index contributed by atoms with van der Waals surface area (Å²) in [6.07, 6.45) is 6.67. The van der Waals surface area contributed by atoms with Crippen molar-refractivity contribution in [2.75, 3.05) is 7.11 Å². The van der Waals surface area contributed by atoms with Crippen LogP contribution < -0.4 is 4.74 Å². The fourth-order valence-corrected chi connectivity index (χ4v) is 6.53. The molecule has 0 aromatic heterocycles. The first-order valence-electron chi connectivity index (χ1n) is 10.4. The molecule has 3 unspecified atom stereocenters. The van der Waals surface area contributed by atoms with Gasteiger partial charge in [-0.1, -0.05) is 13.0 Å². The van der Waals surface area contributed by atoms with E-state index in [2.05, 4.69) is 25.1 Å². The third kappa shape index (κ3) is 3.07. The average Bonchev–Trinajstić information content (AvgIpc) is 2.91. The van der Waals surface area contributed by atoms with E-state index in [1.165, 1.54) is 11.1 Å². The lowest BCUT2D eigenvalue weighted by Crippen LogP contribution is -2.44. The first-order chi connectivity index (χ1) is 12.9. The maximum absolute atomic E-state index is 12.9. The number of ketones is 1. The zero-order chi connectivity index (χ0) is 19.2. The van der Waals surface area contributed by atoms with Gasteiger partial charge in [0.15, 0.2) is 0 Å². The number of rotatable bonds is 5. The van der Waals surface area contributed by atoms with Crippen molar-refractivity contribution in [2.45, 2.75) is 64.2 Å². The molecule has 0 aliphatic heterocycles. The number of aliphatic carboxylic acids is 1. The van der Waals surface area contributed by atoms with Crippen LogP contribution in [0.1, 0.15) is 68.9 Å². The average molecular weight is 370 g/mol. The number of aryl methyl sites for hydroxylation is 1. The highest BCUT2D eigenvalue weighted by atomic mass is 16.5. The molecule has 1 aromatic carbocycles. The number of Topliss-reactive ketones (excluding diaryl/α,β-unsaturated/α-hetero) is 1. The third-order valence-electron chi connectivity index (χ3n) is 7.74. The molecule has 4 heteroatoms. The quantitative estimate of drug-likeness (QED) is 0.823. The van der Waals surface area contributed by atoms with E-state index < -0.39 is 5.97 Å². The maximum atomic E-state index is 12.9. The van der Waals surface area contributed by atoms with Crippen LogP contribution in [-0.2, 0) is 16.0 Å². The molecule has 3 aliphatic carbocycles. The molecule has 2 saturated carbocycles. The number of fused-ring (bicyclic) bond motifs is 5. The van der Waals surface area contributed by atoms with Gasteiger partial charge in [0, 0.05) is 18.3 Å². The van der Waals surface area contributed by atoms with E-state index >= 15 is 0 Å². The second-order valence-electron chi connectivity index (χ2n) is 9.03. The van der Waals surface area contributed by atoms with Crippen LogP contribution in [0.2, 0.25) is 0 Å². The first-order valence-corrected chi connectivity index (χ1v) is 10.4. The Morgan fingerprint density at radius 2 is 2.15 bits per heavy atom. The molecule has 27 heavy (non-hydrogen) atoms. The number of carboxylic acids is 1. The smallest absolute Gasteiger partial charge is 0.303 e. The maximum Gasteiger partial charge on any atom is 0.303 e. The summed E-state index contributed by atoms with van der Waals surface area (Å²) in [4.78, 5) is 23.8. The first kappa shape index (κ1) is 18.5. The van der Waals surface area contributed by atoms with Crippen LogP contribution in [0.5, 0.6) is 5.75 Å². The molecular weight excluding hydrogens is 340 g/mol. The van der Waals surface area contributed by atoms with Gasteiger partial charge < -0.3 is 9.84 Å². The van der Waals surface area contributed by atoms with E-state index in [1.807, 2.05) is 0 Å². The van der Waals surface area contributed by atoms with Crippen LogP contribution >= 0.6 is 0 Å². The second kappa shape index (κ2) is 6.96. The normalized spacial score (nSPS) is 34.5. The summed E-state index contributed by atoms with van der Waals surface area (Å²) >= 11 is 0. The molecule has 0 radical (unpaired) electrons. The van der Waals surface area contributed by atoms with Crippen molar-refractivity contribution >= 4 is 11.8 Å². The molecule has 2 fully saturated rings. The topological polar surface area (TPSA) is 63.6 Å². The summed E-state index contributed by atoms with van der Waals surface area (Å²) in [7, 11) is 1.71. The number of hydrogen-bond donors (Lipinski definition) is 1. The van der Waals surface area contributed by atoms with Crippen LogP contribution in [0.15, 0.2) is 18.2 Å². The Kier molecular flexibility index (Phi) is 4.77. The van der Waals surface area contributed by atoms with E-state index in [9.17, 15) is 9.59 Å². The second-order valence-corrected chi connectivity index (χ2v) is 9.03. The van der Waals surface area contributed by atoms with Gasteiger partial charge >= 0.3 is 5.97 Å². The molecule has 0 saturated heterocycles. The fraction of sp³-hybridized carbons (Fsp3) is 0.652. The summed E-state index contributed by atoms with van der Waals surface area (Å²) in [6.45, 7) is 2.19. The molecule has 0 spiro atoms. The van der Waals surface area contributed by atoms with Crippen LogP contribution in [0.3, 0.4) is 0 Å². The molecule has 3 aliphatic rings. The lowest BCUT2D eigenvalue weighted by Gasteiger charge is -2.50. The zero-order valence-electron chi connectivity index (χ0n) is 16.4. The molecule has 1 aromatic rings. The lowest BCUT2D eigenvalue weighted by atomic mass is 9.54. The number of carboxylic acid groups (broad SMARTS) is 1. The monoisotopic (exact) mass is 370 g/mol. The summed E-state index contributed by atoms with van der Waals surface area (Å²) in [5.74, 6) is 2.46. The van der Waals surface area contributed by atoms with Gasteiger partial charge in [-0.15, -0.1) is 0 Å². The van der Waals surface area contributed by atoms with Crippen molar-refractivity contribution in [1.82, 2.24) is 0 Å². The Labute approximate surface area is 161 Å². The van der Waals surface area contributed by atoms with Crippen LogP contribution in [0, 0.1) is 23.2 Å². The zero-order valence-corrected chi connectivity index (χ0v) is 16.4. The Morgan fingerprint density at radius 1 is 1.33 bits per heavy atom. The number of benzene rings is 1. The van der Waals surface area contributed by atoms with Crippen molar-refractivity contribution in [1.29, 1.82) is 0 Å². The van der Waals surface area contributed by atoms with Crippen LogP contribution in [-0.4, -0.2) is 24.0 Å². The van der Waals surface area contributed by atoms with Gasteiger partial charge in [0.05, 0.1) is 7.11 Å².